The quantitative estimate of drug-likeness (QED) is 0.604. The molecule has 1 heterocycles. The van der Waals surface area contributed by atoms with Crippen molar-refractivity contribution in [3.8, 4) is 11.3 Å². The molecule has 0 aliphatic carbocycles. The number of unbranched alkanes of at least 4 members (excludes halogenated alkanes) is 6. The number of hydrogen-bond donors (Lipinski definition) is 2. The average Bonchev–Trinajstić information content (AvgIpc) is 2.91. The summed E-state index contributed by atoms with van der Waals surface area (Å²) in [5.41, 5.74) is 13.0. The summed E-state index contributed by atoms with van der Waals surface area (Å²) in [5.74, 6) is -0.427. The molecular formula is C19H27ClN4O. The second kappa shape index (κ2) is 9.47. The Morgan fingerprint density at radius 1 is 1.12 bits per heavy atom. The largest absolute Gasteiger partial charge is 0.382 e. The number of nitrogens with zero attached hydrogens (tertiary/aromatic N) is 2. The Balaban J connectivity index is 2.14. The van der Waals surface area contributed by atoms with Gasteiger partial charge in [-0.15, -0.1) is 0 Å². The lowest BCUT2D eigenvalue weighted by atomic mass is 10.1. The van der Waals surface area contributed by atoms with Crippen LogP contribution in [0.1, 0.15) is 62.2 Å². The lowest BCUT2D eigenvalue weighted by Crippen LogP contribution is -2.14. The molecule has 2 aromatic rings. The highest BCUT2D eigenvalue weighted by Crippen LogP contribution is 2.33. The summed E-state index contributed by atoms with van der Waals surface area (Å²) in [6, 6.07) is 7.35. The maximum absolute atomic E-state index is 11.9. The lowest BCUT2D eigenvalue weighted by Gasteiger charge is -2.10. The molecule has 0 saturated heterocycles. The molecule has 0 fully saturated rings. The first-order chi connectivity index (χ1) is 12.1. The number of benzene rings is 1. The summed E-state index contributed by atoms with van der Waals surface area (Å²) in [6.45, 7) is 2.90. The molecular weight excluding hydrogens is 336 g/mol. The van der Waals surface area contributed by atoms with Gasteiger partial charge in [0.1, 0.15) is 5.56 Å². The zero-order valence-electron chi connectivity index (χ0n) is 14.8. The van der Waals surface area contributed by atoms with E-state index in [1.54, 1.807) is 10.7 Å². The van der Waals surface area contributed by atoms with Crippen LogP contribution < -0.4 is 11.5 Å². The van der Waals surface area contributed by atoms with E-state index in [2.05, 4.69) is 12.0 Å². The summed E-state index contributed by atoms with van der Waals surface area (Å²) in [6.07, 6.45) is 8.42. The van der Waals surface area contributed by atoms with Gasteiger partial charge in [-0.25, -0.2) is 0 Å². The minimum Gasteiger partial charge on any atom is -0.382 e. The molecule has 4 N–H and O–H groups in total. The highest BCUT2D eigenvalue weighted by Gasteiger charge is 2.23. The topological polar surface area (TPSA) is 86.9 Å². The van der Waals surface area contributed by atoms with Crippen molar-refractivity contribution >= 4 is 23.3 Å². The standard InChI is InChI=1S/C19H27ClN4O/c1-2-3-4-5-6-7-10-13-24-17(14-11-8-9-12-15(14)20)16(19(22)25)18(21)23-24/h8-9,11-12H,2-7,10,13H2,1H3,(H2,21,23)(H2,22,25). The highest BCUT2D eigenvalue weighted by molar-refractivity contribution is 6.33. The van der Waals surface area contributed by atoms with Crippen molar-refractivity contribution in [1.82, 2.24) is 9.78 Å². The first-order valence-electron chi connectivity index (χ1n) is 8.97. The fraction of sp³-hybridized carbons (Fsp3) is 0.474. The van der Waals surface area contributed by atoms with Gasteiger partial charge in [0.05, 0.1) is 5.69 Å². The lowest BCUT2D eigenvalue weighted by molar-refractivity contribution is 0.100. The Bertz CT molecular complexity index is 711. The highest BCUT2D eigenvalue weighted by atomic mass is 35.5. The first kappa shape index (κ1) is 19.3. The van der Waals surface area contributed by atoms with E-state index in [4.69, 9.17) is 23.1 Å². The number of aryl methyl sites for hydroxylation is 1. The minimum atomic E-state index is -0.585. The van der Waals surface area contributed by atoms with E-state index in [9.17, 15) is 4.79 Å². The van der Waals surface area contributed by atoms with Crippen molar-refractivity contribution in [2.24, 2.45) is 5.73 Å². The maximum Gasteiger partial charge on any atom is 0.254 e. The Morgan fingerprint density at radius 2 is 1.76 bits per heavy atom. The normalized spacial score (nSPS) is 11.0. The van der Waals surface area contributed by atoms with Gasteiger partial charge in [0.25, 0.3) is 5.91 Å². The number of carbonyl (C=O) groups excluding carboxylic acids is 1. The van der Waals surface area contributed by atoms with Crippen LogP contribution in [0.5, 0.6) is 0 Å². The maximum atomic E-state index is 11.9. The molecule has 5 nitrogen and oxygen atoms in total. The number of anilines is 1. The van der Waals surface area contributed by atoms with Crippen LogP contribution >= 0.6 is 11.6 Å². The number of aromatic nitrogens is 2. The number of amides is 1. The summed E-state index contributed by atoms with van der Waals surface area (Å²) in [5, 5.41) is 4.88. The molecule has 0 spiro atoms. The van der Waals surface area contributed by atoms with E-state index in [1.807, 2.05) is 18.2 Å². The van der Waals surface area contributed by atoms with Crippen LogP contribution in [0.4, 0.5) is 5.82 Å². The van der Waals surface area contributed by atoms with Gasteiger partial charge in [0, 0.05) is 17.1 Å². The molecule has 136 valence electrons. The van der Waals surface area contributed by atoms with E-state index >= 15 is 0 Å². The van der Waals surface area contributed by atoms with E-state index in [1.165, 1.54) is 32.1 Å². The number of carbonyl (C=O) groups is 1. The summed E-state index contributed by atoms with van der Waals surface area (Å²) < 4.78 is 1.77. The molecule has 1 aromatic heterocycles. The number of primary amides is 1. The van der Waals surface area contributed by atoms with Crippen LogP contribution in [0, 0.1) is 0 Å². The molecule has 0 saturated carbocycles. The number of halogens is 1. The van der Waals surface area contributed by atoms with Crippen molar-refractivity contribution in [2.45, 2.75) is 58.4 Å². The second-order valence-electron chi connectivity index (χ2n) is 6.30. The molecule has 2 rings (SSSR count). The smallest absolute Gasteiger partial charge is 0.254 e. The van der Waals surface area contributed by atoms with Gasteiger partial charge in [0.15, 0.2) is 5.82 Å². The number of nitrogen functional groups attached to an aromatic ring is 1. The zero-order chi connectivity index (χ0) is 18.2. The van der Waals surface area contributed by atoms with Crippen LogP contribution in [0.3, 0.4) is 0 Å². The molecule has 0 aliphatic rings. The van der Waals surface area contributed by atoms with Gasteiger partial charge in [0.2, 0.25) is 0 Å². The van der Waals surface area contributed by atoms with Gasteiger partial charge >= 0.3 is 0 Å². The van der Waals surface area contributed by atoms with Gasteiger partial charge in [-0.3, -0.25) is 9.48 Å². The Kier molecular flexibility index (Phi) is 7.31. The first-order valence-corrected chi connectivity index (χ1v) is 9.35. The summed E-state index contributed by atoms with van der Waals surface area (Å²) in [7, 11) is 0. The van der Waals surface area contributed by atoms with Crippen molar-refractivity contribution in [3.63, 3.8) is 0 Å². The molecule has 0 radical (unpaired) electrons. The predicted octanol–water partition coefficient (Wildman–Crippen LogP) is 4.64. The SMILES string of the molecule is CCCCCCCCCn1nc(N)c(C(N)=O)c1-c1ccccc1Cl. The van der Waals surface area contributed by atoms with Crippen molar-refractivity contribution in [2.75, 3.05) is 5.73 Å². The molecule has 0 atom stereocenters. The van der Waals surface area contributed by atoms with Crippen LogP contribution in [-0.4, -0.2) is 15.7 Å². The van der Waals surface area contributed by atoms with Crippen molar-refractivity contribution in [3.05, 3.63) is 34.9 Å². The fourth-order valence-electron chi connectivity index (χ4n) is 3.03. The summed E-state index contributed by atoms with van der Waals surface area (Å²) in [4.78, 5) is 11.9. The molecule has 0 bridgehead atoms. The van der Waals surface area contributed by atoms with E-state index < -0.39 is 5.91 Å². The Hall–Kier alpha value is -2.01. The van der Waals surface area contributed by atoms with E-state index in [0.29, 0.717) is 17.3 Å². The molecule has 0 aliphatic heterocycles. The van der Waals surface area contributed by atoms with Gasteiger partial charge < -0.3 is 11.5 Å². The monoisotopic (exact) mass is 362 g/mol. The Labute approximate surface area is 154 Å². The van der Waals surface area contributed by atoms with E-state index in [-0.39, 0.29) is 11.4 Å². The van der Waals surface area contributed by atoms with Gasteiger partial charge in [-0.05, 0) is 12.5 Å². The number of nitrogens with two attached hydrogens (primary N) is 2. The van der Waals surface area contributed by atoms with Crippen LogP contribution in [0.25, 0.3) is 11.3 Å². The van der Waals surface area contributed by atoms with Crippen LogP contribution in [-0.2, 0) is 6.54 Å². The molecule has 25 heavy (non-hydrogen) atoms. The molecule has 0 unspecified atom stereocenters. The average molecular weight is 363 g/mol. The number of rotatable bonds is 10. The second-order valence-corrected chi connectivity index (χ2v) is 6.70. The Morgan fingerprint density at radius 3 is 2.40 bits per heavy atom. The molecule has 1 aromatic carbocycles. The molecule has 1 amide bonds. The van der Waals surface area contributed by atoms with Crippen molar-refractivity contribution in [1.29, 1.82) is 0 Å². The van der Waals surface area contributed by atoms with Crippen LogP contribution in [0.15, 0.2) is 24.3 Å². The van der Waals surface area contributed by atoms with Crippen molar-refractivity contribution < 1.29 is 4.79 Å². The minimum absolute atomic E-state index is 0.158. The third-order valence-electron chi connectivity index (χ3n) is 4.33. The van der Waals surface area contributed by atoms with E-state index in [0.717, 1.165) is 18.4 Å². The molecule has 6 heteroatoms. The zero-order valence-corrected chi connectivity index (χ0v) is 15.6. The third kappa shape index (κ3) is 4.98. The van der Waals surface area contributed by atoms with Gasteiger partial charge in [-0.2, -0.15) is 5.10 Å². The third-order valence-corrected chi connectivity index (χ3v) is 4.66. The summed E-state index contributed by atoms with van der Waals surface area (Å²) >= 11 is 6.31. The number of hydrogen-bond acceptors (Lipinski definition) is 3. The predicted molar refractivity (Wildman–Crippen MR) is 104 cm³/mol. The fourth-order valence-corrected chi connectivity index (χ4v) is 3.26. The van der Waals surface area contributed by atoms with Gasteiger partial charge in [-0.1, -0.05) is 75.2 Å². The van der Waals surface area contributed by atoms with Crippen LogP contribution in [0.2, 0.25) is 5.02 Å².